The van der Waals surface area contributed by atoms with Gasteiger partial charge < -0.3 is 5.32 Å². The molecule has 0 spiro atoms. The van der Waals surface area contributed by atoms with E-state index in [-0.39, 0.29) is 16.8 Å². The van der Waals surface area contributed by atoms with Gasteiger partial charge in [0.15, 0.2) is 0 Å². The molecule has 6 heteroatoms. The van der Waals surface area contributed by atoms with Gasteiger partial charge in [-0.3, -0.25) is 4.79 Å². The van der Waals surface area contributed by atoms with Crippen molar-refractivity contribution < 1.29 is 13.2 Å². The summed E-state index contributed by atoms with van der Waals surface area (Å²) in [5.41, 5.74) is 1.09. The largest absolute Gasteiger partial charge is 0.322 e. The normalized spacial score (nSPS) is 11.9. The van der Waals surface area contributed by atoms with E-state index in [0.29, 0.717) is 11.3 Å². The predicted octanol–water partition coefficient (Wildman–Crippen LogP) is 4.12. The minimum atomic E-state index is -3.54. The maximum Gasteiger partial charge on any atom is 0.255 e. The van der Waals surface area contributed by atoms with Gasteiger partial charge in [-0.05, 0) is 61.0 Å². The Kier molecular flexibility index (Phi) is 5.30. The number of amides is 1. The third-order valence-corrected chi connectivity index (χ3v) is 6.58. The zero-order valence-corrected chi connectivity index (χ0v) is 16.3. The van der Waals surface area contributed by atoms with Gasteiger partial charge in [-0.1, -0.05) is 30.3 Å². The predicted molar refractivity (Wildman–Crippen MR) is 108 cm³/mol. The second kappa shape index (κ2) is 7.50. The van der Waals surface area contributed by atoms with Gasteiger partial charge in [-0.2, -0.15) is 4.31 Å². The van der Waals surface area contributed by atoms with Crippen LogP contribution in [-0.2, 0) is 10.0 Å². The van der Waals surface area contributed by atoms with E-state index in [2.05, 4.69) is 5.32 Å². The zero-order chi connectivity index (χ0) is 19.6. The molecule has 3 aromatic rings. The van der Waals surface area contributed by atoms with E-state index in [1.165, 1.54) is 16.4 Å². The molecule has 0 aromatic heterocycles. The summed E-state index contributed by atoms with van der Waals surface area (Å²) in [6.45, 7) is 3.63. The van der Waals surface area contributed by atoms with Crippen LogP contribution < -0.4 is 5.32 Å². The van der Waals surface area contributed by atoms with Gasteiger partial charge in [-0.25, -0.2) is 8.42 Å². The van der Waals surface area contributed by atoms with E-state index in [9.17, 15) is 13.2 Å². The van der Waals surface area contributed by atoms with E-state index in [1.807, 2.05) is 50.2 Å². The first-order chi connectivity index (χ1) is 12.8. The van der Waals surface area contributed by atoms with Crippen LogP contribution in [0.4, 0.5) is 5.69 Å². The Bertz CT molecular complexity index is 1070. The van der Waals surface area contributed by atoms with Gasteiger partial charge in [0.1, 0.15) is 0 Å². The van der Waals surface area contributed by atoms with E-state index in [1.54, 1.807) is 25.2 Å². The van der Waals surface area contributed by atoms with Crippen molar-refractivity contribution in [1.29, 1.82) is 0 Å². The lowest BCUT2D eigenvalue weighted by atomic mass is 10.1. The highest BCUT2D eigenvalue weighted by Crippen LogP contribution is 2.20. The quantitative estimate of drug-likeness (QED) is 0.722. The Balaban J connectivity index is 1.78. The van der Waals surface area contributed by atoms with Gasteiger partial charge in [-0.15, -0.1) is 0 Å². The van der Waals surface area contributed by atoms with Crippen LogP contribution in [0.3, 0.4) is 0 Å². The summed E-state index contributed by atoms with van der Waals surface area (Å²) in [6.07, 6.45) is 0. The van der Waals surface area contributed by atoms with Crippen LogP contribution in [0.2, 0.25) is 0 Å². The average molecular weight is 382 g/mol. The molecule has 5 nitrogen and oxygen atoms in total. The number of hydrogen-bond donors (Lipinski definition) is 1. The molecule has 140 valence electrons. The summed E-state index contributed by atoms with van der Waals surface area (Å²) >= 11 is 0. The molecule has 0 fully saturated rings. The summed E-state index contributed by atoms with van der Waals surface area (Å²) in [5, 5.41) is 4.86. The molecule has 0 unspecified atom stereocenters. The van der Waals surface area contributed by atoms with Gasteiger partial charge >= 0.3 is 0 Å². The monoisotopic (exact) mass is 382 g/mol. The van der Waals surface area contributed by atoms with Gasteiger partial charge in [0.25, 0.3) is 5.91 Å². The molecule has 1 N–H and O–H groups in total. The van der Waals surface area contributed by atoms with Crippen molar-refractivity contribution >= 4 is 32.4 Å². The summed E-state index contributed by atoms with van der Waals surface area (Å²) < 4.78 is 26.3. The van der Waals surface area contributed by atoms with E-state index in [0.717, 1.165) is 10.8 Å². The molecule has 0 radical (unpaired) electrons. The van der Waals surface area contributed by atoms with Gasteiger partial charge in [0, 0.05) is 24.3 Å². The molecule has 0 saturated heterocycles. The Morgan fingerprint density at radius 1 is 0.926 bits per heavy atom. The number of rotatable bonds is 5. The number of anilines is 1. The maximum atomic E-state index is 12.5. The van der Waals surface area contributed by atoms with Crippen molar-refractivity contribution in [2.24, 2.45) is 0 Å². The first kappa shape index (κ1) is 19.1. The molecular formula is C21H22N2O3S. The highest BCUT2D eigenvalue weighted by molar-refractivity contribution is 7.89. The molecule has 0 aliphatic carbocycles. The fraction of sp³-hybridized carbons (Fsp3) is 0.190. The number of benzene rings is 3. The molecule has 27 heavy (non-hydrogen) atoms. The van der Waals surface area contributed by atoms with Crippen molar-refractivity contribution in [2.45, 2.75) is 24.8 Å². The number of nitrogens with zero attached hydrogens (tertiary/aromatic N) is 1. The fourth-order valence-corrected chi connectivity index (χ4v) is 4.06. The van der Waals surface area contributed by atoms with E-state index in [4.69, 9.17) is 0 Å². The average Bonchev–Trinajstić information content (AvgIpc) is 2.67. The summed E-state index contributed by atoms with van der Waals surface area (Å²) in [4.78, 5) is 12.7. The number of sulfonamides is 1. The lowest BCUT2D eigenvalue weighted by Crippen LogP contribution is -2.33. The Labute approximate surface area is 159 Å². The zero-order valence-electron chi connectivity index (χ0n) is 15.5. The van der Waals surface area contributed by atoms with Crippen molar-refractivity contribution in [1.82, 2.24) is 4.31 Å². The molecule has 0 saturated carbocycles. The molecule has 0 atom stereocenters. The van der Waals surface area contributed by atoms with E-state index >= 15 is 0 Å². The van der Waals surface area contributed by atoms with Crippen LogP contribution in [0.15, 0.2) is 71.6 Å². The second-order valence-electron chi connectivity index (χ2n) is 6.66. The number of carbonyl (C=O) groups excluding carboxylic acids is 1. The van der Waals surface area contributed by atoms with Crippen LogP contribution in [-0.4, -0.2) is 31.7 Å². The molecule has 0 bridgehead atoms. The highest BCUT2D eigenvalue weighted by Gasteiger charge is 2.22. The van der Waals surface area contributed by atoms with Crippen LogP contribution in [0.25, 0.3) is 10.8 Å². The van der Waals surface area contributed by atoms with Crippen LogP contribution in [0.5, 0.6) is 0 Å². The van der Waals surface area contributed by atoms with Crippen molar-refractivity contribution in [3.05, 3.63) is 72.3 Å². The van der Waals surface area contributed by atoms with Crippen LogP contribution in [0, 0.1) is 0 Å². The second-order valence-corrected chi connectivity index (χ2v) is 8.65. The number of hydrogen-bond acceptors (Lipinski definition) is 3. The maximum absolute atomic E-state index is 12.5. The Hall–Kier alpha value is -2.70. The lowest BCUT2D eigenvalue weighted by Gasteiger charge is -2.21. The number of carbonyl (C=O) groups is 1. The van der Waals surface area contributed by atoms with Crippen molar-refractivity contribution in [2.75, 3.05) is 12.4 Å². The van der Waals surface area contributed by atoms with Crippen LogP contribution >= 0.6 is 0 Å². The Morgan fingerprint density at radius 3 is 2.19 bits per heavy atom. The minimum absolute atomic E-state index is 0.137. The lowest BCUT2D eigenvalue weighted by molar-refractivity contribution is 0.102. The topological polar surface area (TPSA) is 66.5 Å². The van der Waals surface area contributed by atoms with Crippen molar-refractivity contribution in [3.63, 3.8) is 0 Å². The summed E-state index contributed by atoms with van der Waals surface area (Å²) in [5.74, 6) is -0.240. The first-order valence-corrected chi connectivity index (χ1v) is 10.1. The Morgan fingerprint density at radius 2 is 1.56 bits per heavy atom. The van der Waals surface area contributed by atoms with Gasteiger partial charge in [0.05, 0.1) is 4.90 Å². The minimum Gasteiger partial charge on any atom is -0.322 e. The molecule has 0 aliphatic rings. The third kappa shape index (κ3) is 4.02. The summed E-state index contributed by atoms with van der Waals surface area (Å²) in [6, 6.07) is 19.4. The molecular weight excluding hydrogens is 360 g/mol. The summed E-state index contributed by atoms with van der Waals surface area (Å²) in [7, 11) is -1.99. The molecule has 0 aliphatic heterocycles. The molecule has 3 rings (SSSR count). The number of nitrogens with one attached hydrogen (secondary N) is 1. The highest BCUT2D eigenvalue weighted by atomic mass is 32.2. The first-order valence-electron chi connectivity index (χ1n) is 8.67. The van der Waals surface area contributed by atoms with E-state index < -0.39 is 10.0 Å². The molecule has 1 amide bonds. The SMILES string of the molecule is CC(C)N(C)S(=O)(=O)c1ccc(NC(=O)c2ccc3ccccc3c2)cc1. The molecule has 3 aromatic carbocycles. The standard InChI is InChI=1S/C21H22N2O3S/c1-15(2)23(3)27(25,26)20-12-10-19(11-13-20)22-21(24)18-9-8-16-6-4-5-7-17(16)14-18/h4-15H,1-3H3,(H,22,24). The van der Waals surface area contributed by atoms with Gasteiger partial charge in [0.2, 0.25) is 10.0 Å². The van der Waals surface area contributed by atoms with Crippen LogP contribution in [0.1, 0.15) is 24.2 Å². The smallest absolute Gasteiger partial charge is 0.255 e. The number of fused-ring (bicyclic) bond motifs is 1. The van der Waals surface area contributed by atoms with Crippen molar-refractivity contribution in [3.8, 4) is 0 Å². The fourth-order valence-electron chi connectivity index (χ4n) is 2.69. The third-order valence-electron chi connectivity index (χ3n) is 4.53. The molecule has 0 heterocycles.